The predicted octanol–water partition coefficient (Wildman–Crippen LogP) is 4.68. The first-order valence-corrected chi connectivity index (χ1v) is 7.62. The van der Waals surface area contributed by atoms with Gasteiger partial charge in [-0.1, -0.05) is 43.2 Å². The van der Waals surface area contributed by atoms with E-state index in [9.17, 15) is 4.79 Å². The number of nitrogens with zero attached hydrogens (tertiary/aromatic N) is 1. The SMILES string of the molecule is CCCCN(CCCC=C(C)C)C(=O)c1ccccc1. The Morgan fingerprint density at radius 3 is 2.35 bits per heavy atom. The first-order valence-electron chi connectivity index (χ1n) is 7.62. The molecule has 1 aromatic carbocycles. The summed E-state index contributed by atoms with van der Waals surface area (Å²) < 4.78 is 0. The van der Waals surface area contributed by atoms with Crippen molar-refractivity contribution in [3.8, 4) is 0 Å². The molecule has 0 bridgehead atoms. The first-order chi connectivity index (χ1) is 9.65. The van der Waals surface area contributed by atoms with Crippen LogP contribution in [0.25, 0.3) is 0 Å². The van der Waals surface area contributed by atoms with Crippen LogP contribution in [0.15, 0.2) is 42.0 Å². The smallest absolute Gasteiger partial charge is 0.253 e. The average Bonchev–Trinajstić information content (AvgIpc) is 2.46. The van der Waals surface area contributed by atoms with Crippen LogP contribution in [0.3, 0.4) is 0 Å². The Morgan fingerprint density at radius 1 is 1.10 bits per heavy atom. The van der Waals surface area contributed by atoms with E-state index in [0.29, 0.717) is 0 Å². The zero-order valence-electron chi connectivity index (χ0n) is 13.1. The minimum Gasteiger partial charge on any atom is -0.339 e. The van der Waals surface area contributed by atoms with Crippen molar-refractivity contribution in [2.24, 2.45) is 0 Å². The number of hydrogen-bond acceptors (Lipinski definition) is 1. The molecule has 0 saturated carbocycles. The maximum Gasteiger partial charge on any atom is 0.253 e. The third kappa shape index (κ3) is 6.05. The van der Waals surface area contributed by atoms with Crippen LogP contribution in [0.5, 0.6) is 0 Å². The number of amides is 1. The van der Waals surface area contributed by atoms with Gasteiger partial charge in [0.2, 0.25) is 0 Å². The summed E-state index contributed by atoms with van der Waals surface area (Å²) in [7, 11) is 0. The third-order valence-corrected chi connectivity index (χ3v) is 3.27. The van der Waals surface area contributed by atoms with E-state index in [2.05, 4.69) is 26.8 Å². The van der Waals surface area contributed by atoms with Gasteiger partial charge in [-0.05, 0) is 45.2 Å². The molecule has 2 nitrogen and oxygen atoms in total. The predicted molar refractivity (Wildman–Crippen MR) is 85.9 cm³/mol. The average molecular weight is 273 g/mol. The Morgan fingerprint density at radius 2 is 1.75 bits per heavy atom. The Labute approximate surface area is 123 Å². The van der Waals surface area contributed by atoms with Gasteiger partial charge in [0, 0.05) is 18.7 Å². The molecule has 0 radical (unpaired) electrons. The monoisotopic (exact) mass is 273 g/mol. The lowest BCUT2D eigenvalue weighted by Crippen LogP contribution is -2.32. The van der Waals surface area contributed by atoms with E-state index in [4.69, 9.17) is 0 Å². The summed E-state index contributed by atoms with van der Waals surface area (Å²) >= 11 is 0. The quantitative estimate of drug-likeness (QED) is 0.497. The molecule has 0 aliphatic carbocycles. The molecule has 0 spiro atoms. The summed E-state index contributed by atoms with van der Waals surface area (Å²) in [6.07, 6.45) is 6.51. The van der Waals surface area contributed by atoms with Gasteiger partial charge in [0.05, 0.1) is 0 Å². The van der Waals surface area contributed by atoms with Gasteiger partial charge in [-0.2, -0.15) is 0 Å². The fourth-order valence-corrected chi connectivity index (χ4v) is 2.10. The molecule has 0 fully saturated rings. The van der Waals surface area contributed by atoms with E-state index in [1.807, 2.05) is 35.2 Å². The fraction of sp³-hybridized carbons (Fsp3) is 0.500. The number of unbranched alkanes of at least 4 members (excludes halogenated alkanes) is 2. The largest absolute Gasteiger partial charge is 0.339 e. The van der Waals surface area contributed by atoms with E-state index in [0.717, 1.165) is 44.3 Å². The second kappa shape index (κ2) is 9.35. The van der Waals surface area contributed by atoms with Gasteiger partial charge in [-0.3, -0.25) is 4.79 Å². The topological polar surface area (TPSA) is 20.3 Å². The summed E-state index contributed by atoms with van der Waals surface area (Å²) in [6.45, 7) is 8.10. The maximum absolute atomic E-state index is 12.5. The van der Waals surface area contributed by atoms with Gasteiger partial charge in [-0.15, -0.1) is 0 Å². The van der Waals surface area contributed by atoms with Crippen molar-refractivity contribution >= 4 is 5.91 Å². The molecule has 0 aliphatic rings. The van der Waals surface area contributed by atoms with Crippen LogP contribution in [0.1, 0.15) is 56.8 Å². The zero-order valence-corrected chi connectivity index (χ0v) is 13.1. The molecule has 0 unspecified atom stereocenters. The van der Waals surface area contributed by atoms with Crippen LogP contribution in [-0.4, -0.2) is 23.9 Å². The minimum atomic E-state index is 0.163. The van der Waals surface area contributed by atoms with E-state index < -0.39 is 0 Å². The van der Waals surface area contributed by atoms with Crippen molar-refractivity contribution in [3.05, 3.63) is 47.5 Å². The van der Waals surface area contributed by atoms with Crippen LogP contribution in [0, 0.1) is 0 Å². The Bertz CT molecular complexity index is 418. The number of benzene rings is 1. The van der Waals surface area contributed by atoms with Crippen LogP contribution < -0.4 is 0 Å². The minimum absolute atomic E-state index is 0.163. The normalized spacial score (nSPS) is 10.2. The van der Waals surface area contributed by atoms with Crippen LogP contribution in [0.4, 0.5) is 0 Å². The van der Waals surface area contributed by atoms with E-state index in [1.165, 1.54) is 5.57 Å². The molecule has 0 aliphatic heterocycles. The van der Waals surface area contributed by atoms with Crippen molar-refractivity contribution in [1.29, 1.82) is 0 Å². The summed E-state index contributed by atoms with van der Waals surface area (Å²) in [5.74, 6) is 0.163. The molecule has 0 aromatic heterocycles. The summed E-state index contributed by atoms with van der Waals surface area (Å²) in [5.41, 5.74) is 2.14. The van der Waals surface area contributed by atoms with Crippen molar-refractivity contribution in [3.63, 3.8) is 0 Å². The Balaban J connectivity index is 2.59. The molecule has 110 valence electrons. The highest BCUT2D eigenvalue weighted by molar-refractivity contribution is 5.94. The van der Waals surface area contributed by atoms with Crippen molar-refractivity contribution < 1.29 is 4.79 Å². The molecule has 1 rings (SSSR count). The van der Waals surface area contributed by atoms with Gasteiger partial charge in [0.1, 0.15) is 0 Å². The molecule has 2 heteroatoms. The number of carbonyl (C=O) groups excluding carboxylic acids is 1. The molecular formula is C18H27NO. The number of allylic oxidation sites excluding steroid dienone is 2. The lowest BCUT2D eigenvalue weighted by atomic mass is 10.1. The third-order valence-electron chi connectivity index (χ3n) is 3.27. The van der Waals surface area contributed by atoms with Gasteiger partial charge in [0.25, 0.3) is 5.91 Å². The number of carbonyl (C=O) groups is 1. The van der Waals surface area contributed by atoms with Crippen LogP contribution >= 0.6 is 0 Å². The van der Waals surface area contributed by atoms with Crippen molar-refractivity contribution in [1.82, 2.24) is 4.90 Å². The van der Waals surface area contributed by atoms with E-state index in [-0.39, 0.29) is 5.91 Å². The Hall–Kier alpha value is -1.57. The second-order valence-electron chi connectivity index (χ2n) is 5.44. The second-order valence-corrected chi connectivity index (χ2v) is 5.44. The molecule has 0 heterocycles. The standard InChI is InChI=1S/C18H27NO/c1-4-5-14-19(15-10-9-11-16(2)3)18(20)17-12-7-6-8-13-17/h6-8,11-13H,4-5,9-10,14-15H2,1-3H3. The molecule has 1 aromatic rings. The lowest BCUT2D eigenvalue weighted by Gasteiger charge is -2.22. The summed E-state index contributed by atoms with van der Waals surface area (Å²) in [5, 5.41) is 0. The zero-order chi connectivity index (χ0) is 14.8. The van der Waals surface area contributed by atoms with Crippen LogP contribution in [-0.2, 0) is 0 Å². The highest BCUT2D eigenvalue weighted by atomic mass is 16.2. The maximum atomic E-state index is 12.5. The molecule has 0 N–H and O–H groups in total. The van der Waals surface area contributed by atoms with Crippen molar-refractivity contribution in [2.75, 3.05) is 13.1 Å². The molecule has 20 heavy (non-hydrogen) atoms. The van der Waals surface area contributed by atoms with Gasteiger partial charge < -0.3 is 4.90 Å². The van der Waals surface area contributed by atoms with E-state index >= 15 is 0 Å². The Kier molecular flexibility index (Phi) is 7.71. The summed E-state index contributed by atoms with van der Waals surface area (Å²) in [4.78, 5) is 14.5. The van der Waals surface area contributed by atoms with Crippen LogP contribution in [0.2, 0.25) is 0 Å². The molecule has 0 atom stereocenters. The van der Waals surface area contributed by atoms with Gasteiger partial charge >= 0.3 is 0 Å². The van der Waals surface area contributed by atoms with E-state index in [1.54, 1.807) is 0 Å². The summed E-state index contributed by atoms with van der Waals surface area (Å²) in [6, 6.07) is 9.60. The first kappa shape index (κ1) is 16.5. The number of rotatable bonds is 8. The number of hydrogen-bond donors (Lipinski definition) is 0. The molecule has 1 amide bonds. The van der Waals surface area contributed by atoms with Crippen molar-refractivity contribution in [2.45, 2.75) is 46.5 Å². The molecule has 0 saturated heterocycles. The highest BCUT2D eigenvalue weighted by Crippen LogP contribution is 2.08. The van der Waals surface area contributed by atoms with Gasteiger partial charge in [0.15, 0.2) is 0 Å². The lowest BCUT2D eigenvalue weighted by molar-refractivity contribution is 0.0751. The fourth-order valence-electron chi connectivity index (χ4n) is 2.10. The highest BCUT2D eigenvalue weighted by Gasteiger charge is 2.14. The van der Waals surface area contributed by atoms with Gasteiger partial charge in [-0.25, -0.2) is 0 Å². The molecular weight excluding hydrogens is 246 g/mol.